The lowest BCUT2D eigenvalue weighted by Gasteiger charge is -2.22. The quantitative estimate of drug-likeness (QED) is 0.716. The van der Waals surface area contributed by atoms with E-state index in [-0.39, 0.29) is 11.8 Å². The molecule has 2 atom stereocenters. The van der Waals surface area contributed by atoms with Crippen LogP contribution < -0.4 is 10.6 Å². The monoisotopic (exact) mass is 378 g/mol. The van der Waals surface area contributed by atoms with E-state index in [9.17, 15) is 22.8 Å². The van der Waals surface area contributed by atoms with Gasteiger partial charge in [0, 0.05) is 0 Å². The highest BCUT2D eigenvalue weighted by molar-refractivity contribution is 5.95. The summed E-state index contributed by atoms with van der Waals surface area (Å²) in [6.07, 6.45) is 0.763. The van der Waals surface area contributed by atoms with Crippen molar-refractivity contribution in [1.82, 2.24) is 5.32 Å². The van der Waals surface area contributed by atoms with Gasteiger partial charge < -0.3 is 10.6 Å². The summed E-state index contributed by atoms with van der Waals surface area (Å²) in [5.74, 6) is -5.99. The fraction of sp³-hybridized carbons (Fsp3) is 0.300. The van der Waals surface area contributed by atoms with E-state index in [0.29, 0.717) is 6.07 Å². The molecule has 2 aromatic carbocycles. The zero-order chi connectivity index (χ0) is 20.0. The Morgan fingerprint density at radius 3 is 2.30 bits per heavy atom. The van der Waals surface area contributed by atoms with Crippen LogP contribution in [0.5, 0.6) is 0 Å². The second-order valence-electron chi connectivity index (χ2n) is 6.26. The first kappa shape index (κ1) is 20.5. The Morgan fingerprint density at radius 1 is 1.00 bits per heavy atom. The van der Waals surface area contributed by atoms with Gasteiger partial charge in [-0.05, 0) is 23.6 Å². The minimum atomic E-state index is -1.67. The third kappa shape index (κ3) is 5.09. The number of carbonyl (C=O) groups excluding carboxylic acids is 2. The molecule has 0 aromatic heterocycles. The molecule has 0 radical (unpaired) electrons. The zero-order valence-electron chi connectivity index (χ0n) is 15.1. The van der Waals surface area contributed by atoms with Gasteiger partial charge in [-0.1, -0.05) is 50.6 Å². The van der Waals surface area contributed by atoms with Crippen LogP contribution >= 0.6 is 0 Å². The van der Waals surface area contributed by atoms with E-state index in [1.165, 1.54) is 0 Å². The first-order chi connectivity index (χ1) is 12.8. The molecule has 0 fully saturated rings. The fourth-order valence-electron chi connectivity index (χ4n) is 2.73. The Labute approximate surface area is 155 Å². The van der Waals surface area contributed by atoms with E-state index in [0.717, 1.165) is 18.1 Å². The molecule has 2 unspecified atom stereocenters. The van der Waals surface area contributed by atoms with Crippen LogP contribution in [0.1, 0.15) is 31.7 Å². The van der Waals surface area contributed by atoms with Gasteiger partial charge in [-0.15, -0.1) is 0 Å². The normalized spacial score (nSPS) is 12.9. The summed E-state index contributed by atoms with van der Waals surface area (Å²) in [4.78, 5) is 24.5. The second kappa shape index (κ2) is 9.21. The third-order valence-corrected chi connectivity index (χ3v) is 4.39. The highest BCUT2D eigenvalue weighted by atomic mass is 19.2. The van der Waals surface area contributed by atoms with Crippen molar-refractivity contribution < 1.29 is 22.8 Å². The molecule has 27 heavy (non-hydrogen) atoms. The standard InChI is InChI=1S/C20H21F3N2O2/c1-3-12(2)17(13-7-5-4-6-8-13)20(27)24-11-16(26)25-15-10-9-14(21)18(22)19(15)23/h4-10,12,17H,3,11H2,1-2H3,(H,24,27)(H,25,26). The van der Waals surface area contributed by atoms with E-state index in [2.05, 4.69) is 10.6 Å². The first-order valence-corrected chi connectivity index (χ1v) is 8.61. The van der Waals surface area contributed by atoms with Crippen molar-refractivity contribution >= 4 is 17.5 Å². The average molecular weight is 378 g/mol. The number of halogens is 3. The lowest BCUT2D eigenvalue weighted by atomic mass is 9.85. The van der Waals surface area contributed by atoms with Gasteiger partial charge in [0.1, 0.15) is 0 Å². The highest BCUT2D eigenvalue weighted by Crippen LogP contribution is 2.27. The topological polar surface area (TPSA) is 58.2 Å². The minimum Gasteiger partial charge on any atom is -0.346 e. The number of hydrogen-bond acceptors (Lipinski definition) is 2. The average Bonchev–Trinajstić information content (AvgIpc) is 2.67. The Hall–Kier alpha value is -2.83. The van der Waals surface area contributed by atoms with Crippen LogP contribution in [0.25, 0.3) is 0 Å². The van der Waals surface area contributed by atoms with Crippen molar-refractivity contribution in [3.8, 4) is 0 Å². The molecule has 0 saturated heterocycles. The van der Waals surface area contributed by atoms with Gasteiger partial charge in [-0.3, -0.25) is 9.59 Å². The van der Waals surface area contributed by atoms with Crippen LogP contribution in [-0.4, -0.2) is 18.4 Å². The Kier molecular flexibility index (Phi) is 6.98. The third-order valence-electron chi connectivity index (χ3n) is 4.39. The summed E-state index contributed by atoms with van der Waals surface area (Å²) < 4.78 is 39.7. The molecule has 2 N–H and O–H groups in total. The Balaban J connectivity index is 2.02. The van der Waals surface area contributed by atoms with Gasteiger partial charge >= 0.3 is 0 Å². The van der Waals surface area contributed by atoms with Gasteiger partial charge in [0.15, 0.2) is 17.5 Å². The molecule has 2 amide bonds. The molecule has 0 spiro atoms. The number of hydrogen-bond donors (Lipinski definition) is 2. The molecular weight excluding hydrogens is 357 g/mol. The Bertz CT molecular complexity index is 812. The van der Waals surface area contributed by atoms with Crippen LogP contribution in [-0.2, 0) is 9.59 Å². The van der Waals surface area contributed by atoms with Crippen molar-refractivity contribution in [1.29, 1.82) is 0 Å². The largest absolute Gasteiger partial charge is 0.346 e. The molecule has 0 heterocycles. The summed E-state index contributed by atoms with van der Waals surface area (Å²) in [7, 11) is 0. The molecule has 7 heteroatoms. The number of nitrogens with one attached hydrogen (secondary N) is 2. The van der Waals surface area contributed by atoms with Crippen LogP contribution in [0.3, 0.4) is 0 Å². The van der Waals surface area contributed by atoms with Crippen molar-refractivity contribution in [2.75, 3.05) is 11.9 Å². The summed E-state index contributed by atoms with van der Waals surface area (Å²) in [6, 6.07) is 10.8. The van der Waals surface area contributed by atoms with Crippen LogP contribution in [0.2, 0.25) is 0 Å². The summed E-state index contributed by atoms with van der Waals surface area (Å²) in [5, 5.41) is 4.64. The molecule has 4 nitrogen and oxygen atoms in total. The van der Waals surface area contributed by atoms with Gasteiger partial charge in [0.25, 0.3) is 0 Å². The van der Waals surface area contributed by atoms with E-state index in [1.54, 1.807) is 0 Å². The number of carbonyl (C=O) groups is 2. The number of anilines is 1. The smallest absolute Gasteiger partial charge is 0.243 e. The molecule has 144 valence electrons. The maximum absolute atomic E-state index is 13.6. The fourth-order valence-corrected chi connectivity index (χ4v) is 2.73. The van der Waals surface area contributed by atoms with Crippen molar-refractivity contribution in [2.45, 2.75) is 26.2 Å². The van der Waals surface area contributed by atoms with E-state index in [1.807, 2.05) is 44.2 Å². The predicted octanol–water partition coefficient (Wildman–Crippen LogP) is 3.99. The van der Waals surface area contributed by atoms with Gasteiger partial charge in [0.2, 0.25) is 11.8 Å². The molecule has 0 aliphatic rings. The number of benzene rings is 2. The van der Waals surface area contributed by atoms with Gasteiger partial charge in [-0.2, -0.15) is 0 Å². The SMILES string of the molecule is CCC(C)C(C(=O)NCC(=O)Nc1ccc(F)c(F)c1F)c1ccccc1. The van der Waals surface area contributed by atoms with Crippen LogP contribution in [0, 0.1) is 23.4 Å². The maximum Gasteiger partial charge on any atom is 0.243 e. The lowest BCUT2D eigenvalue weighted by Crippen LogP contribution is -2.38. The summed E-state index contributed by atoms with van der Waals surface area (Å²) in [5.41, 5.74) is 0.339. The van der Waals surface area contributed by atoms with Gasteiger partial charge in [0.05, 0.1) is 18.2 Å². The number of amides is 2. The molecule has 0 saturated carbocycles. The minimum absolute atomic E-state index is 0.0408. The molecule has 0 aliphatic carbocycles. The second-order valence-corrected chi connectivity index (χ2v) is 6.26. The lowest BCUT2D eigenvalue weighted by molar-refractivity contribution is -0.126. The van der Waals surface area contributed by atoms with Crippen LogP contribution in [0.15, 0.2) is 42.5 Å². The number of rotatable bonds is 7. The van der Waals surface area contributed by atoms with E-state index in [4.69, 9.17) is 0 Å². The highest BCUT2D eigenvalue weighted by Gasteiger charge is 2.26. The van der Waals surface area contributed by atoms with Crippen molar-refractivity contribution in [3.05, 3.63) is 65.5 Å². The van der Waals surface area contributed by atoms with Crippen molar-refractivity contribution in [3.63, 3.8) is 0 Å². The molecule has 0 bridgehead atoms. The maximum atomic E-state index is 13.6. The summed E-state index contributed by atoms with van der Waals surface area (Å²) in [6.45, 7) is 3.48. The van der Waals surface area contributed by atoms with E-state index < -0.39 is 41.5 Å². The van der Waals surface area contributed by atoms with Crippen LogP contribution in [0.4, 0.5) is 18.9 Å². The van der Waals surface area contributed by atoms with Crippen molar-refractivity contribution in [2.24, 2.45) is 5.92 Å². The molecule has 2 rings (SSSR count). The molecular formula is C20H21F3N2O2. The van der Waals surface area contributed by atoms with Gasteiger partial charge in [-0.25, -0.2) is 13.2 Å². The molecule has 2 aromatic rings. The van der Waals surface area contributed by atoms with E-state index >= 15 is 0 Å². The molecule has 0 aliphatic heterocycles. The zero-order valence-corrected chi connectivity index (χ0v) is 15.1. The summed E-state index contributed by atoms with van der Waals surface area (Å²) >= 11 is 0. The predicted molar refractivity (Wildman–Crippen MR) is 96.6 cm³/mol. The Morgan fingerprint density at radius 2 is 1.67 bits per heavy atom. The first-order valence-electron chi connectivity index (χ1n) is 8.61.